The van der Waals surface area contributed by atoms with E-state index in [4.69, 9.17) is 10.5 Å². The van der Waals surface area contributed by atoms with Crippen LogP contribution in [0.25, 0.3) is 11.4 Å². The number of hydrogen-bond donors (Lipinski definition) is 1. The summed E-state index contributed by atoms with van der Waals surface area (Å²) in [6.07, 6.45) is 3.63. The topological polar surface area (TPSA) is 78.9 Å². The number of hydrogen-bond acceptors (Lipinski definition) is 5. The summed E-state index contributed by atoms with van der Waals surface area (Å²) in [4.78, 5) is 0. The summed E-state index contributed by atoms with van der Waals surface area (Å²) in [7, 11) is 1.63. The van der Waals surface area contributed by atoms with E-state index in [0.29, 0.717) is 22.7 Å². The highest BCUT2D eigenvalue weighted by Crippen LogP contribution is 2.50. The van der Waals surface area contributed by atoms with Crippen LogP contribution in [-0.4, -0.2) is 27.3 Å². The Hall–Kier alpha value is -2.11. The SMILES string of the molecule is CCC1(Cn2nnnc2-c2c(N)cccc2OC)CC1. The zero-order valence-corrected chi connectivity index (χ0v) is 11.8. The van der Waals surface area contributed by atoms with Gasteiger partial charge in [0.15, 0.2) is 5.82 Å². The third-order valence-electron chi connectivity index (χ3n) is 4.23. The molecule has 6 heteroatoms. The number of methoxy groups -OCH3 is 1. The summed E-state index contributed by atoms with van der Waals surface area (Å²) in [6.45, 7) is 3.05. The van der Waals surface area contributed by atoms with Crippen LogP contribution >= 0.6 is 0 Å². The number of ether oxygens (including phenoxy) is 1. The summed E-state index contributed by atoms with van der Waals surface area (Å²) in [5.74, 6) is 1.38. The smallest absolute Gasteiger partial charge is 0.187 e. The molecule has 1 aliphatic carbocycles. The fourth-order valence-corrected chi connectivity index (χ4v) is 2.57. The first-order chi connectivity index (χ1) is 9.69. The van der Waals surface area contributed by atoms with Gasteiger partial charge in [-0.05, 0) is 47.2 Å². The van der Waals surface area contributed by atoms with Crippen molar-refractivity contribution in [1.82, 2.24) is 20.2 Å². The van der Waals surface area contributed by atoms with Crippen molar-refractivity contribution in [3.05, 3.63) is 18.2 Å². The summed E-state index contributed by atoms with van der Waals surface area (Å²) >= 11 is 0. The zero-order valence-electron chi connectivity index (χ0n) is 11.8. The minimum absolute atomic E-state index is 0.362. The Labute approximate surface area is 117 Å². The van der Waals surface area contributed by atoms with Gasteiger partial charge in [0.1, 0.15) is 5.75 Å². The molecule has 1 aliphatic rings. The molecule has 0 atom stereocenters. The first-order valence-electron chi connectivity index (χ1n) is 6.88. The maximum absolute atomic E-state index is 6.08. The standard InChI is InChI=1S/C14H19N5O/c1-3-14(7-8-14)9-19-13(16-17-18-19)12-10(15)5-4-6-11(12)20-2/h4-6H,3,7-9,15H2,1-2H3. The van der Waals surface area contributed by atoms with Gasteiger partial charge in [0, 0.05) is 5.69 Å². The van der Waals surface area contributed by atoms with E-state index in [1.807, 2.05) is 22.9 Å². The maximum atomic E-state index is 6.08. The number of benzene rings is 1. The second-order valence-electron chi connectivity index (χ2n) is 5.44. The average Bonchev–Trinajstić information content (AvgIpc) is 3.10. The molecule has 1 saturated carbocycles. The van der Waals surface area contributed by atoms with Gasteiger partial charge in [-0.2, -0.15) is 0 Å². The van der Waals surface area contributed by atoms with E-state index in [1.54, 1.807) is 7.11 Å². The number of nitrogens with zero attached hydrogens (tertiary/aromatic N) is 4. The van der Waals surface area contributed by atoms with Gasteiger partial charge in [0.05, 0.1) is 19.2 Å². The largest absolute Gasteiger partial charge is 0.496 e. The third kappa shape index (κ3) is 2.11. The van der Waals surface area contributed by atoms with Gasteiger partial charge in [-0.15, -0.1) is 5.10 Å². The van der Waals surface area contributed by atoms with Crippen molar-refractivity contribution in [3.63, 3.8) is 0 Å². The quantitative estimate of drug-likeness (QED) is 0.844. The molecule has 1 fully saturated rings. The fourth-order valence-electron chi connectivity index (χ4n) is 2.57. The maximum Gasteiger partial charge on any atom is 0.187 e. The first-order valence-corrected chi connectivity index (χ1v) is 6.88. The molecule has 0 aliphatic heterocycles. The van der Waals surface area contributed by atoms with Crippen LogP contribution in [0, 0.1) is 5.41 Å². The Morgan fingerprint density at radius 1 is 1.40 bits per heavy atom. The number of nitrogens with two attached hydrogens (primary N) is 1. The molecule has 0 unspecified atom stereocenters. The van der Waals surface area contributed by atoms with Crippen LogP contribution in [0.15, 0.2) is 18.2 Å². The molecule has 106 valence electrons. The van der Waals surface area contributed by atoms with Crippen molar-refractivity contribution >= 4 is 5.69 Å². The van der Waals surface area contributed by atoms with Crippen molar-refractivity contribution in [3.8, 4) is 17.1 Å². The number of anilines is 1. The van der Waals surface area contributed by atoms with Crippen LogP contribution in [0.3, 0.4) is 0 Å². The van der Waals surface area contributed by atoms with E-state index >= 15 is 0 Å². The van der Waals surface area contributed by atoms with E-state index in [9.17, 15) is 0 Å². The number of rotatable bonds is 5. The average molecular weight is 273 g/mol. The molecule has 0 radical (unpaired) electrons. The van der Waals surface area contributed by atoms with Crippen LogP contribution in [0.2, 0.25) is 0 Å². The minimum atomic E-state index is 0.362. The molecule has 3 rings (SSSR count). The van der Waals surface area contributed by atoms with E-state index in [2.05, 4.69) is 22.4 Å². The Morgan fingerprint density at radius 2 is 2.20 bits per heavy atom. The van der Waals surface area contributed by atoms with Crippen LogP contribution in [-0.2, 0) is 6.54 Å². The van der Waals surface area contributed by atoms with Crippen molar-refractivity contribution in [1.29, 1.82) is 0 Å². The second kappa shape index (κ2) is 4.77. The Balaban J connectivity index is 2.01. The summed E-state index contributed by atoms with van der Waals surface area (Å²) in [6, 6.07) is 5.57. The molecule has 20 heavy (non-hydrogen) atoms. The van der Waals surface area contributed by atoms with Crippen LogP contribution in [0.5, 0.6) is 5.75 Å². The van der Waals surface area contributed by atoms with Crippen molar-refractivity contribution in [2.45, 2.75) is 32.7 Å². The summed E-state index contributed by atoms with van der Waals surface area (Å²) in [5.41, 5.74) is 7.84. The molecule has 2 aromatic rings. The summed E-state index contributed by atoms with van der Waals surface area (Å²) in [5, 5.41) is 12.1. The molecular weight excluding hydrogens is 254 g/mol. The van der Waals surface area contributed by atoms with Gasteiger partial charge < -0.3 is 10.5 Å². The lowest BCUT2D eigenvalue weighted by Gasteiger charge is -2.15. The predicted octanol–water partition coefficient (Wildman–Crippen LogP) is 2.12. The van der Waals surface area contributed by atoms with Gasteiger partial charge in [-0.1, -0.05) is 13.0 Å². The molecular formula is C14H19N5O. The highest BCUT2D eigenvalue weighted by molar-refractivity contribution is 5.77. The first kappa shape index (κ1) is 12.9. The molecule has 1 heterocycles. The Bertz CT molecular complexity index is 618. The van der Waals surface area contributed by atoms with Gasteiger partial charge in [0.25, 0.3) is 0 Å². The number of tetrazole rings is 1. The van der Waals surface area contributed by atoms with E-state index in [0.717, 1.165) is 18.5 Å². The van der Waals surface area contributed by atoms with E-state index in [1.165, 1.54) is 12.8 Å². The molecule has 0 spiro atoms. The lowest BCUT2D eigenvalue weighted by molar-refractivity contribution is 0.380. The second-order valence-corrected chi connectivity index (χ2v) is 5.44. The van der Waals surface area contributed by atoms with Gasteiger partial charge in [0.2, 0.25) is 0 Å². The minimum Gasteiger partial charge on any atom is -0.496 e. The van der Waals surface area contributed by atoms with Crippen LogP contribution in [0.4, 0.5) is 5.69 Å². The molecule has 1 aromatic heterocycles. The molecule has 0 bridgehead atoms. The van der Waals surface area contributed by atoms with Crippen molar-refractivity contribution in [2.24, 2.45) is 5.41 Å². The van der Waals surface area contributed by atoms with E-state index in [-0.39, 0.29) is 0 Å². The molecule has 6 nitrogen and oxygen atoms in total. The molecule has 1 aromatic carbocycles. The molecule has 0 saturated heterocycles. The van der Waals surface area contributed by atoms with Gasteiger partial charge >= 0.3 is 0 Å². The van der Waals surface area contributed by atoms with E-state index < -0.39 is 0 Å². The lowest BCUT2D eigenvalue weighted by atomic mass is 10.0. The Kier molecular flexibility index (Phi) is 3.08. The number of aromatic nitrogens is 4. The van der Waals surface area contributed by atoms with Gasteiger partial charge in [-0.3, -0.25) is 0 Å². The monoisotopic (exact) mass is 273 g/mol. The summed E-state index contributed by atoms with van der Waals surface area (Å²) < 4.78 is 7.24. The highest BCUT2D eigenvalue weighted by Gasteiger charge is 2.42. The van der Waals surface area contributed by atoms with Crippen molar-refractivity contribution < 1.29 is 4.74 Å². The number of nitrogen functional groups attached to an aromatic ring is 1. The van der Waals surface area contributed by atoms with Gasteiger partial charge in [-0.25, -0.2) is 4.68 Å². The van der Waals surface area contributed by atoms with Crippen molar-refractivity contribution in [2.75, 3.05) is 12.8 Å². The Morgan fingerprint density at radius 3 is 2.85 bits per heavy atom. The third-order valence-corrected chi connectivity index (χ3v) is 4.23. The normalized spacial score (nSPS) is 16.1. The van der Waals surface area contributed by atoms with Crippen LogP contribution in [0.1, 0.15) is 26.2 Å². The van der Waals surface area contributed by atoms with Crippen LogP contribution < -0.4 is 10.5 Å². The fraction of sp³-hybridized carbons (Fsp3) is 0.500. The molecule has 0 amide bonds. The molecule has 2 N–H and O–H groups in total. The lowest BCUT2D eigenvalue weighted by Crippen LogP contribution is -2.14. The zero-order chi connectivity index (χ0) is 14.2. The predicted molar refractivity (Wildman–Crippen MR) is 76.2 cm³/mol. The highest BCUT2D eigenvalue weighted by atomic mass is 16.5.